The van der Waals surface area contributed by atoms with E-state index in [1.54, 1.807) is 19.1 Å². The molecule has 0 spiro atoms. The van der Waals surface area contributed by atoms with Gasteiger partial charge in [-0.15, -0.1) is 0 Å². The van der Waals surface area contributed by atoms with Crippen LogP contribution in [-0.4, -0.2) is 30.1 Å². The third kappa shape index (κ3) is 1.92. The molecular formula is C12H16N2O2S. The first-order valence-corrected chi connectivity index (χ1v) is 7.21. The number of hydrogen-bond donors (Lipinski definition) is 0. The summed E-state index contributed by atoms with van der Waals surface area (Å²) in [6, 6.07) is 1.59. The van der Waals surface area contributed by atoms with E-state index >= 15 is 0 Å². The van der Waals surface area contributed by atoms with Crippen LogP contribution in [0, 0.1) is 11.3 Å². The Kier molecular flexibility index (Phi) is 3.11. The molecule has 1 aliphatic carbocycles. The first-order chi connectivity index (χ1) is 8.01. The molecule has 92 valence electrons. The maximum atomic E-state index is 12.6. The van der Waals surface area contributed by atoms with Crippen LogP contribution in [0.25, 0.3) is 0 Å². The van der Waals surface area contributed by atoms with E-state index in [4.69, 9.17) is 5.26 Å². The molecule has 0 aromatic carbocycles. The van der Waals surface area contributed by atoms with Gasteiger partial charge in [0.2, 0.25) is 10.0 Å². The second-order valence-corrected chi connectivity index (χ2v) is 7.06. The van der Waals surface area contributed by atoms with Gasteiger partial charge in [-0.25, -0.2) is 8.42 Å². The van der Waals surface area contributed by atoms with Crippen molar-refractivity contribution in [1.29, 1.82) is 5.26 Å². The summed E-state index contributed by atoms with van der Waals surface area (Å²) in [5.74, 6) is 0. The lowest BCUT2D eigenvalue weighted by Crippen LogP contribution is -2.47. The Morgan fingerprint density at radius 3 is 2.82 bits per heavy atom. The summed E-state index contributed by atoms with van der Waals surface area (Å²) in [7, 11) is -3.45. The lowest BCUT2D eigenvalue weighted by molar-refractivity contribution is 0.418. The molecule has 0 aromatic rings. The maximum absolute atomic E-state index is 12.6. The van der Waals surface area contributed by atoms with Crippen LogP contribution < -0.4 is 0 Å². The van der Waals surface area contributed by atoms with Gasteiger partial charge in [-0.2, -0.15) is 9.57 Å². The van der Waals surface area contributed by atoms with Crippen LogP contribution in [0.2, 0.25) is 0 Å². The molecular weight excluding hydrogens is 236 g/mol. The molecule has 2 atom stereocenters. The lowest BCUT2D eigenvalue weighted by atomic mass is 10.0. The fourth-order valence-electron chi connectivity index (χ4n) is 2.32. The fraction of sp³-hybridized carbons (Fsp3) is 0.583. The molecule has 17 heavy (non-hydrogen) atoms. The Labute approximate surface area is 102 Å². The summed E-state index contributed by atoms with van der Waals surface area (Å²) < 4.78 is 25.6. The summed E-state index contributed by atoms with van der Waals surface area (Å²) in [5.41, 5.74) is 0. The van der Waals surface area contributed by atoms with Crippen LogP contribution in [0.5, 0.6) is 0 Å². The second-order valence-electron chi connectivity index (χ2n) is 4.71. The lowest BCUT2D eigenvalue weighted by Gasteiger charge is -2.32. The number of nitrogens with zero attached hydrogens (tertiary/aromatic N) is 2. The Morgan fingerprint density at radius 2 is 2.24 bits per heavy atom. The van der Waals surface area contributed by atoms with E-state index in [0.29, 0.717) is 19.4 Å². The van der Waals surface area contributed by atoms with Gasteiger partial charge in [0.15, 0.2) is 0 Å². The van der Waals surface area contributed by atoms with E-state index in [-0.39, 0.29) is 0 Å². The number of sulfonamides is 1. The summed E-state index contributed by atoms with van der Waals surface area (Å²) in [5, 5.41) is 8.99. The highest BCUT2D eigenvalue weighted by Crippen LogP contribution is 2.33. The van der Waals surface area contributed by atoms with E-state index in [0.717, 1.165) is 6.42 Å². The highest BCUT2D eigenvalue weighted by molar-refractivity contribution is 7.90. The third-order valence-corrected chi connectivity index (χ3v) is 6.01. The smallest absolute Gasteiger partial charge is 0.211 e. The predicted octanol–water partition coefficient (Wildman–Crippen LogP) is 1.58. The van der Waals surface area contributed by atoms with Crippen molar-refractivity contribution in [2.75, 3.05) is 6.54 Å². The number of hydrogen-bond acceptors (Lipinski definition) is 3. The van der Waals surface area contributed by atoms with Crippen molar-refractivity contribution in [2.24, 2.45) is 0 Å². The Balaban J connectivity index is 2.34. The largest absolute Gasteiger partial charge is 0.224 e. The number of nitriles is 1. The van der Waals surface area contributed by atoms with Gasteiger partial charge in [0.05, 0.1) is 6.07 Å². The number of rotatable bonds is 2. The molecule has 1 heterocycles. The molecule has 1 fully saturated rings. The van der Waals surface area contributed by atoms with Crippen molar-refractivity contribution in [3.63, 3.8) is 0 Å². The molecule has 4 nitrogen and oxygen atoms in total. The quantitative estimate of drug-likeness (QED) is 0.749. The average molecular weight is 252 g/mol. The minimum absolute atomic E-state index is 0.466. The fourth-order valence-corrected chi connectivity index (χ4v) is 4.27. The minimum Gasteiger partial charge on any atom is -0.211 e. The van der Waals surface area contributed by atoms with E-state index < -0.39 is 20.8 Å². The van der Waals surface area contributed by atoms with E-state index in [1.807, 2.05) is 12.2 Å². The van der Waals surface area contributed by atoms with Gasteiger partial charge < -0.3 is 0 Å². The SMILES string of the molecule is CC1(S(=O)(=O)N2CCCC2C#N)C=CC=CC1. The summed E-state index contributed by atoms with van der Waals surface area (Å²) in [4.78, 5) is 0. The van der Waals surface area contributed by atoms with Gasteiger partial charge in [-0.3, -0.25) is 0 Å². The van der Waals surface area contributed by atoms with Crippen molar-refractivity contribution in [1.82, 2.24) is 4.31 Å². The molecule has 2 unspecified atom stereocenters. The summed E-state index contributed by atoms with van der Waals surface area (Å²) in [6.07, 6.45) is 9.07. The first-order valence-electron chi connectivity index (χ1n) is 5.77. The number of allylic oxidation sites excluding steroid dienone is 3. The van der Waals surface area contributed by atoms with Crippen molar-refractivity contribution in [3.05, 3.63) is 24.3 Å². The van der Waals surface area contributed by atoms with Crippen LogP contribution >= 0.6 is 0 Å². The first kappa shape index (κ1) is 12.3. The standard InChI is InChI=1S/C12H16N2O2S/c1-12(7-3-2-4-8-12)17(15,16)14-9-5-6-11(14)10-13/h2-4,7,11H,5-6,8-9H2,1H3. The zero-order chi connectivity index (χ0) is 12.5. The topological polar surface area (TPSA) is 61.2 Å². The van der Waals surface area contributed by atoms with Gasteiger partial charge in [-0.05, 0) is 26.2 Å². The van der Waals surface area contributed by atoms with Crippen LogP contribution in [-0.2, 0) is 10.0 Å². The molecule has 1 aliphatic heterocycles. The molecule has 1 saturated heterocycles. The van der Waals surface area contributed by atoms with Crippen molar-refractivity contribution >= 4 is 10.0 Å². The Hall–Kier alpha value is -1.12. The Bertz CT molecular complexity index is 501. The molecule has 0 saturated carbocycles. The van der Waals surface area contributed by atoms with Crippen molar-refractivity contribution < 1.29 is 8.42 Å². The van der Waals surface area contributed by atoms with Crippen molar-refractivity contribution in [3.8, 4) is 6.07 Å². The minimum atomic E-state index is -3.45. The average Bonchev–Trinajstić information content (AvgIpc) is 2.78. The Morgan fingerprint density at radius 1 is 1.47 bits per heavy atom. The van der Waals surface area contributed by atoms with Crippen molar-refractivity contribution in [2.45, 2.75) is 37.0 Å². The molecule has 0 bridgehead atoms. The molecule has 0 N–H and O–H groups in total. The van der Waals surface area contributed by atoms with Crippen LogP contribution in [0.4, 0.5) is 0 Å². The van der Waals surface area contributed by atoms with Crippen LogP contribution in [0.3, 0.4) is 0 Å². The van der Waals surface area contributed by atoms with Crippen LogP contribution in [0.1, 0.15) is 26.2 Å². The highest BCUT2D eigenvalue weighted by Gasteiger charge is 2.45. The van der Waals surface area contributed by atoms with E-state index in [9.17, 15) is 8.42 Å². The molecule has 5 heteroatoms. The molecule has 2 rings (SSSR count). The van der Waals surface area contributed by atoms with Gasteiger partial charge in [0.25, 0.3) is 0 Å². The van der Waals surface area contributed by atoms with E-state index in [1.165, 1.54) is 4.31 Å². The molecule has 0 aromatic heterocycles. The van der Waals surface area contributed by atoms with Gasteiger partial charge >= 0.3 is 0 Å². The third-order valence-electron chi connectivity index (χ3n) is 3.47. The second kappa shape index (κ2) is 4.28. The monoisotopic (exact) mass is 252 g/mol. The molecule has 2 aliphatic rings. The predicted molar refractivity (Wildman–Crippen MR) is 65.6 cm³/mol. The zero-order valence-electron chi connectivity index (χ0n) is 9.83. The summed E-state index contributed by atoms with van der Waals surface area (Å²) >= 11 is 0. The van der Waals surface area contributed by atoms with E-state index in [2.05, 4.69) is 6.07 Å². The van der Waals surface area contributed by atoms with Gasteiger partial charge in [0, 0.05) is 6.54 Å². The maximum Gasteiger partial charge on any atom is 0.224 e. The molecule has 0 radical (unpaired) electrons. The van der Waals surface area contributed by atoms with Crippen LogP contribution in [0.15, 0.2) is 24.3 Å². The highest BCUT2D eigenvalue weighted by atomic mass is 32.2. The normalized spacial score (nSPS) is 33.8. The van der Waals surface area contributed by atoms with Gasteiger partial charge in [-0.1, -0.05) is 24.3 Å². The van der Waals surface area contributed by atoms with Gasteiger partial charge in [0.1, 0.15) is 10.8 Å². The zero-order valence-corrected chi connectivity index (χ0v) is 10.7. The summed E-state index contributed by atoms with van der Waals surface area (Å²) in [6.45, 7) is 2.18. The molecule has 0 amide bonds.